The molecule has 0 amide bonds. The predicted molar refractivity (Wildman–Crippen MR) is 61.8 cm³/mol. The van der Waals surface area contributed by atoms with E-state index in [9.17, 15) is 22.0 Å². The first-order chi connectivity index (χ1) is 9.43. The monoisotopic (exact) mass is 288 g/mol. The lowest BCUT2D eigenvalue weighted by molar-refractivity contribution is 0.432. The highest BCUT2D eigenvalue weighted by Crippen LogP contribution is 2.27. The Labute approximate surface area is 111 Å². The molecule has 20 heavy (non-hydrogen) atoms. The topological polar surface area (TPSA) is 38.0 Å². The minimum Gasteiger partial charge on any atom is -0.271 e. The average Bonchev–Trinajstić information content (AvgIpc) is 2.38. The molecular weight excluding hydrogens is 279 g/mol. The summed E-state index contributed by atoms with van der Waals surface area (Å²) in [6.07, 6.45) is 0. The van der Waals surface area contributed by atoms with Crippen LogP contribution in [0.2, 0.25) is 0 Å². The normalized spacial score (nSPS) is 12.5. The van der Waals surface area contributed by atoms with Crippen LogP contribution >= 0.6 is 0 Å². The summed E-state index contributed by atoms with van der Waals surface area (Å²) in [6, 6.07) is 2.87. The highest BCUT2D eigenvalue weighted by atomic mass is 19.2. The van der Waals surface area contributed by atoms with Gasteiger partial charge in [0.2, 0.25) is 0 Å². The highest BCUT2D eigenvalue weighted by molar-refractivity contribution is 5.34. The van der Waals surface area contributed by atoms with E-state index in [0.717, 1.165) is 18.2 Å². The number of halogens is 5. The second-order valence-electron chi connectivity index (χ2n) is 4.07. The van der Waals surface area contributed by atoms with Crippen molar-refractivity contribution in [3.8, 4) is 0 Å². The Morgan fingerprint density at radius 3 is 2.00 bits per heavy atom. The Hall–Kier alpha value is -1.99. The zero-order valence-electron chi connectivity index (χ0n) is 9.93. The smallest absolute Gasteiger partial charge is 0.194 e. The molecule has 0 spiro atoms. The molecule has 0 fully saturated rings. The fourth-order valence-corrected chi connectivity index (χ4v) is 1.87. The number of nitrogens with one attached hydrogen (secondary N) is 1. The Morgan fingerprint density at radius 2 is 1.45 bits per heavy atom. The van der Waals surface area contributed by atoms with Gasteiger partial charge in [-0.3, -0.25) is 5.84 Å². The summed E-state index contributed by atoms with van der Waals surface area (Å²) in [5, 5.41) is 0. The SMILES string of the molecule is NNC(c1cc(F)cc(F)c1)c1ccc(F)c(F)c1F. The van der Waals surface area contributed by atoms with Crippen molar-refractivity contribution in [2.24, 2.45) is 5.84 Å². The molecular formula is C13H9F5N2. The van der Waals surface area contributed by atoms with Gasteiger partial charge in [-0.25, -0.2) is 27.4 Å². The second-order valence-corrected chi connectivity index (χ2v) is 4.07. The van der Waals surface area contributed by atoms with Crippen LogP contribution in [-0.2, 0) is 0 Å². The Kier molecular flexibility index (Phi) is 4.01. The van der Waals surface area contributed by atoms with Crippen molar-refractivity contribution in [2.45, 2.75) is 6.04 Å². The Balaban J connectivity index is 2.55. The van der Waals surface area contributed by atoms with E-state index < -0.39 is 35.1 Å². The van der Waals surface area contributed by atoms with E-state index in [0.29, 0.717) is 12.1 Å². The van der Waals surface area contributed by atoms with Crippen molar-refractivity contribution >= 4 is 0 Å². The third kappa shape index (κ3) is 2.63. The van der Waals surface area contributed by atoms with Gasteiger partial charge in [-0.1, -0.05) is 6.07 Å². The maximum atomic E-state index is 13.7. The third-order valence-corrected chi connectivity index (χ3v) is 2.76. The minimum absolute atomic E-state index is 0.0603. The van der Waals surface area contributed by atoms with Crippen LogP contribution in [0.4, 0.5) is 22.0 Å². The van der Waals surface area contributed by atoms with Gasteiger partial charge in [0.25, 0.3) is 0 Å². The molecule has 0 heterocycles. The molecule has 7 heteroatoms. The van der Waals surface area contributed by atoms with Crippen LogP contribution in [-0.4, -0.2) is 0 Å². The van der Waals surface area contributed by atoms with E-state index >= 15 is 0 Å². The summed E-state index contributed by atoms with van der Waals surface area (Å²) in [7, 11) is 0. The number of hydrogen-bond acceptors (Lipinski definition) is 2. The predicted octanol–water partition coefficient (Wildman–Crippen LogP) is 2.93. The molecule has 0 aliphatic carbocycles. The first-order valence-electron chi connectivity index (χ1n) is 5.49. The summed E-state index contributed by atoms with van der Waals surface area (Å²) in [5.74, 6) is -1.11. The van der Waals surface area contributed by atoms with Crippen LogP contribution in [0.15, 0.2) is 30.3 Å². The van der Waals surface area contributed by atoms with Gasteiger partial charge in [0, 0.05) is 11.6 Å². The van der Waals surface area contributed by atoms with Crippen molar-refractivity contribution < 1.29 is 22.0 Å². The summed E-state index contributed by atoms with van der Waals surface area (Å²) in [4.78, 5) is 0. The van der Waals surface area contributed by atoms with E-state index in [1.165, 1.54) is 0 Å². The van der Waals surface area contributed by atoms with Crippen molar-refractivity contribution in [1.29, 1.82) is 0 Å². The van der Waals surface area contributed by atoms with Gasteiger partial charge < -0.3 is 0 Å². The molecule has 0 saturated heterocycles. The molecule has 2 aromatic rings. The van der Waals surface area contributed by atoms with Gasteiger partial charge in [0.1, 0.15) is 11.6 Å². The van der Waals surface area contributed by atoms with Crippen molar-refractivity contribution in [2.75, 3.05) is 0 Å². The number of nitrogens with two attached hydrogens (primary N) is 1. The first-order valence-corrected chi connectivity index (χ1v) is 5.49. The van der Waals surface area contributed by atoms with Gasteiger partial charge in [-0.15, -0.1) is 0 Å². The summed E-state index contributed by atoms with van der Waals surface area (Å²) < 4.78 is 66.1. The summed E-state index contributed by atoms with van der Waals surface area (Å²) in [5.41, 5.74) is 1.69. The average molecular weight is 288 g/mol. The fraction of sp³-hybridized carbons (Fsp3) is 0.0769. The van der Waals surface area contributed by atoms with Crippen LogP contribution in [0.25, 0.3) is 0 Å². The van der Waals surface area contributed by atoms with Crippen molar-refractivity contribution in [1.82, 2.24) is 5.43 Å². The van der Waals surface area contributed by atoms with Crippen LogP contribution < -0.4 is 11.3 Å². The lowest BCUT2D eigenvalue weighted by atomic mass is 9.98. The van der Waals surface area contributed by atoms with E-state index in [-0.39, 0.29) is 11.1 Å². The molecule has 106 valence electrons. The highest BCUT2D eigenvalue weighted by Gasteiger charge is 2.22. The van der Waals surface area contributed by atoms with Gasteiger partial charge >= 0.3 is 0 Å². The quantitative estimate of drug-likeness (QED) is 0.394. The first kappa shape index (κ1) is 14.4. The maximum Gasteiger partial charge on any atom is 0.194 e. The van der Waals surface area contributed by atoms with Gasteiger partial charge in [0.05, 0.1) is 6.04 Å². The number of hydrogen-bond donors (Lipinski definition) is 2. The molecule has 3 N–H and O–H groups in total. The standard InChI is InChI=1S/C13H9F5N2/c14-7-3-6(4-8(15)5-7)13(20-19)9-1-2-10(16)12(18)11(9)17/h1-5,13,20H,19H2. The molecule has 2 rings (SSSR count). The zero-order chi connectivity index (χ0) is 14.9. The molecule has 2 aromatic carbocycles. The van der Waals surface area contributed by atoms with Crippen LogP contribution in [0.5, 0.6) is 0 Å². The zero-order valence-corrected chi connectivity index (χ0v) is 9.93. The molecule has 0 saturated carbocycles. The molecule has 2 nitrogen and oxygen atoms in total. The molecule has 1 atom stereocenters. The Bertz CT molecular complexity index is 625. The van der Waals surface area contributed by atoms with Crippen molar-refractivity contribution in [3.63, 3.8) is 0 Å². The second kappa shape index (κ2) is 5.56. The van der Waals surface area contributed by atoms with Gasteiger partial charge in [-0.2, -0.15) is 0 Å². The van der Waals surface area contributed by atoms with Crippen molar-refractivity contribution in [3.05, 3.63) is 70.5 Å². The van der Waals surface area contributed by atoms with Crippen LogP contribution in [0, 0.1) is 29.1 Å². The minimum atomic E-state index is -1.68. The van der Waals surface area contributed by atoms with E-state index in [2.05, 4.69) is 5.43 Å². The molecule has 0 bridgehead atoms. The van der Waals surface area contributed by atoms with Crippen LogP contribution in [0.3, 0.4) is 0 Å². The lowest BCUT2D eigenvalue weighted by Crippen LogP contribution is -2.30. The van der Waals surface area contributed by atoms with Gasteiger partial charge in [-0.05, 0) is 23.8 Å². The van der Waals surface area contributed by atoms with E-state index in [1.807, 2.05) is 0 Å². The number of rotatable bonds is 3. The lowest BCUT2D eigenvalue weighted by Gasteiger charge is -2.18. The Morgan fingerprint density at radius 1 is 0.850 bits per heavy atom. The third-order valence-electron chi connectivity index (χ3n) is 2.76. The van der Waals surface area contributed by atoms with Crippen LogP contribution in [0.1, 0.15) is 17.2 Å². The molecule has 0 radical (unpaired) electrons. The largest absolute Gasteiger partial charge is 0.271 e. The summed E-state index contributed by atoms with van der Waals surface area (Å²) in [6.45, 7) is 0. The molecule has 0 aliphatic heterocycles. The molecule has 0 aliphatic rings. The van der Waals surface area contributed by atoms with Gasteiger partial charge in [0.15, 0.2) is 17.5 Å². The maximum absolute atomic E-state index is 13.7. The van der Waals surface area contributed by atoms with E-state index in [4.69, 9.17) is 5.84 Å². The number of hydrazine groups is 1. The van der Waals surface area contributed by atoms with E-state index in [1.54, 1.807) is 0 Å². The molecule has 0 aromatic heterocycles. The number of benzene rings is 2. The molecule has 1 unspecified atom stereocenters. The fourth-order valence-electron chi connectivity index (χ4n) is 1.87. The summed E-state index contributed by atoms with van der Waals surface area (Å²) >= 11 is 0.